The van der Waals surface area contributed by atoms with E-state index in [4.69, 9.17) is 18.9 Å². The number of benzene rings is 5. The highest BCUT2D eigenvalue weighted by Gasteiger charge is 2.39. The number of ether oxygens (including phenoxy) is 2. The second-order valence-corrected chi connectivity index (χ2v) is 15.7. The van der Waals surface area contributed by atoms with Crippen LogP contribution in [0.3, 0.4) is 0 Å². The van der Waals surface area contributed by atoms with E-state index in [9.17, 15) is 13.5 Å². The zero-order valence-corrected chi connectivity index (χ0v) is 30.9. The van der Waals surface area contributed by atoms with E-state index < -0.39 is 16.3 Å². The molecule has 9 nitrogen and oxygen atoms in total. The van der Waals surface area contributed by atoms with Crippen molar-refractivity contribution in [3.05, 3.63) is 162 Å². The molecule has 3 heterocycles. The van der Waals surface area contributed by atoms with Crippen molar-refractivity contribution in [2.45, 2.75) is 42.1 Å². The fraction of sp³-hybridized carbons (Fsp3) is 0.163. The maximum atomic E-state index is 13.7. The molecule has 11 heteroatoms. The Morgan fingerprint density at radius 2 is 1.50 bits per heavy atom. The van der Waals surface area contributed by atoms with Crippen molar-refractivity contribution >= 4 is 38.4 Å². The highest BCUT2D eigenvalue weighted by Crippen LogP contribution is 2.44. The van der Waals surface area contributed by atoms with E-state index in [0.717, 1.165) is 33.3 Å². The predicted octanol–water partition coefficient (Wildman–Crippen LogP) is 9.43. The Labute approximate surface area is 318 Å². The van der Waals surface area contributed by atoms with Gasteiger partial charge in [0.15, 0.2) is 12.1 Å². The fourth-order valence-electron chi connectivity index (χ4n) is 6.65. The van der Waals surface area contributed by atoms with Crippen molar-refractivity contribution < 1.29 is 27.4 Å². The Kier molecular flexibility index (Phi) is 10.3. The lowest BCUT2D eigenvalue weighted by molar-refractivity contribution is -0.268. The Bertz CT molecular complexity index is 2420. The predicted molar refractivity (Wildman–Crippen MR) is 210 cm³/mol. The summed E-state index contributed by atoms with van der Waals surface area (Å²) in [5.41, 5.74) is 5.81. The topological polar surface area (TPSA) is 124 Å². The van der Waals surface area contributed by atoms with Crippen LogP contribution in [0.2, 0.25) is 0 Å². The first-order valence-electron chi connectivity index (χ1n) is 17.6. The molecule has 4 atom stereocenters. The summed E-state index contributed by atoms with van der Waals surface area (Å²) in [7, 11) is -3.98. The van der Waals surface area contributed by atoms with E-state index in [1.54, 1.807) is 42.6 Å². The number of nitrogens with one attached hydrogen (secondary N) is 1. The summed E-state index contributed by atoms with van der Waals surface area (Å²) in [6.07, 6.45) is 0.0803. The van der Waals surface area contributed by atoms with Crippen LogP contribution in [-0.4, -0.2) is 35.3 Å². The van der Waals surface area contributed by atoms with Gasteiger partial charge in [-0.1, -0.05) is 134 Å². The van der Waals surface area contributed by atoms with Gasteiger partial charge in [0.25, 0.3) is 15.2 Å². The fourth-order valence-corrected chi connectivity index (χ4v) is 8.87. The largest absolute Gasteiger partial charge is 0.431 e. The molecule has 2 N–H and O–H groups in total. The Morgan fingerprint density at radius 1 is 0.778 bits per heavy atom. The molecule has 272 valence electrons. The van der Waals surface area contributed by atoms with E-state index in [1.165, 1.54) is 11.8 Å². The molecule has 0 bridgehead atoms. The molecule has 1 fully saturated rings. The van der Waals surface area contributed by atoms with Gasteiger partial charge in [0.1, 0.15) is 10.6 Å². The number of hydrogen-bond acceptors (Lipinski definition) is 9. The number of para-hydroxylation sites is 1. The molecule has 1 aliphatic rings. The van der Waals surface area contributed by atoms with Crippen molar-refractivity contribution in [3.63, 3.8) is 0 Å². The lowest BCUT2D eigenvalue weighted by Crippen LogP contribution is -2.38. The zero-order chi connectivity index (χ0) is 37.1. The van der Waals surface area contributed by atoms with Crippen molar-refractivity contribution in [1.29, 1.82) is 0 Å². The number of aliphatic hydroxyl groups excluding tert-OH is 1. The van der Waals surface area contributed by atoms with Gasteiger partial charge in [0, 0.05) is 45.6 Å². The van der Waals surface area contributed by atoms with Crippen LogP contribution in [-0.2, 0) is 26.1 Å². The van der Waals surface area contributed by atoms with Gasteiger partial charge in [-0.2, -0.15) is 0 Å². The van der Waals surface area contributed by atoms with Gasteiger partial charge < -0.3 is 19.0 Å². The highest BCUT2D eigenvalue weighted by molar-refractivity contribution is 7.99. The number of thioether (sulfide) groups is 1. The summed E-state index contributed by atoms with van der Waals surface area (Å²) >= 11 is 1.48. The Morgan fingerprint density at radius 3 is 2.26 bits per heavy atom. The van der Waals surface area contributed by atoms with Crippen LogP contribution in [0.15, 0.2) is 160 Å². The first-order chi connectivity index (χ1) is 26.4. The molecule has 2 aromatic heterocycles. The molecule has 0 amide bonds. The van der Waals surface area contributed by atoms with Gasteiger partial charge >= 0.3 is 0 Å². The monoisotopic (exact) mass is 755 g/mol. The number of pyridine rings is 1. The molecule has 54 heavy (non-hydrogen) atoms. The van der Waals surface area contributed by atoms with E-state index in [1.807, 2.05) is 103 Å². The van der Waals surface area contributed by atoms with Gasteiger partial charge in [0.05, 0.1) is 24.3 Å². The number of sulfonamides is 1. The standard InChI is InChI=1S/C43H37N3O6S2/c1-28-36(27-53-43-45-39(31-11-4-2-5-12-31)41(52-43)32-13-6-3-7-14-32)50-42(51-40(28)33-22-20-29(26-47)21-23-33)34-16-8-18-35(25-34)46-54(48,49)37-19-9-15-30-17-10-24-44-38(30)37/h2-25,28,36,40,42,46-47H,26-27H2,1H3/t28-,36+,40+,42?/m0/s1. The molecule has 1 unspecified atom stereocenters. The second kappa shape index (κ2) is 15.6. The number of hydrogen-bond donors (Lipinski definition) is 2. The van der Waals surface area contributed by atoms with Gasteiger partial charge in [0.2, 0.25) is 0 Å². The number of anilines is 1. The number of fused-ring (bicyclic) bond motifs is 1. The molecule has 8 rings (SSSR count). The van der Waals surface area contributed by atoms with Crippen molar-refractivity contribution in [2.75, 3.05) is 10.5 Å². The van der Waals surface area contributed by atoms with Gasteiger partial charge in [-0.3, -0.25) is 9.71 Å². The summed E-state index contributed by atoms with van der Waals surface area (Å²) in [6.45, 7) is 2.03. The zero-order valence-electron chi connectivity index (χ0n) is 29.3. The summed E-state index contributed by atoms with van der Waals surface area (Å²) in [4.78, 5) is 9.37. The quantitative estimate of drug-likeness (QED) is 0.124. The van der Waals surface area contributed by atoms with Gasteiger partial charge in [-0.25, -0.2) is 13.4 Å². The highest BCUT2D eigenvalue weighted by atomic mass is 32.2. The van der Waals surface area contributed by atoms with Crippen LogP contribution in [0.1, 0.15) is 36.0 Å². The lowest BCUT2D eigenvalue weighted by Gasteiger charge is -2.41. The molecular formula is C43H37N3O6S2. The van der Waals surface area contributed by atoms with Crippen LogP contribution in [0, 0.1) is 5.92 Å². The third kappa shape index (κ3) is 7.54. The minimum atomic E-state index is -3.98. The molecule has 1 aliphatic heterocycles. The number of nitrogens with zero attached hydrogens (tertiary/aromatic N) is 2. The molecule has 0 spiro atoms. The Balaban J connectivity index is 1.08. The van der Waals surface area contributed by atoms with Crippen molar-refractivity contribution in [2.24, 2.45) is 5.92 Å². The van der Waals surface area contributed by atoms with Crippen LogP contribution in [0.4, 0.5) is 5.69 Å². The first-order valence-corrected chi connectivity index (χ1v) is 20.0. The molecule has 1 saturated heterocycles. The van der Waals surface area contributed by atoms with Crippen LogP contribution in [0.5, 0.6) is 0 Å². The molecule has 0 radical (unpaired) electrons. The van der Waals surface area contributed by atoms with E-state index in [2.05, 4.69) is 16.6 Å². The molecular weight excluding hydrogens is 719 g/mol. The Hall–Kier alpha value is -5.30. The van der Waals surface area contributed by atoms with Crippen LogP contribution < -0.4 is 4.72 Å². The van der Waals surface area contributed by atoms with E-state index >= 15 is 0 Å². The second-order valence-electron chi connectivity index (χ2n) is 13.1. The van der Waals surface area contributed by atoms with Crippen LogP contribution >= 0.6 is 11.8 Å². The maximum Gasteiger partial charge on any atom is 0.264 e. The summed E-state index contributed by atoms with van der Waals surface area (Å²) in [6, 6.07) is 43.4. The first kappa shape index (κ1) is 35.7. The SMILES string of the molecule is C[C@H]1[C@@H](CSc2nc(-c3ccccc3)c(-c3ccccc3)o2)OC(c2cccc(NS(=O)(=O)c3cccc4cccnc34)c2)O[C@H]1c1ccc(CO)cc1. The number of oxazole rings is 1. The maximum absolute atomic E-state index is 13.7. The average Bonchev–Trinajstić information content (AvgIpc) is 3.65. The van der Waals surface area contributed by atoms with E-state index in [0.29, 0.717) is 33.5 Å². The average molecular weight is 756 g/mol. The minimum Gasteiger partial charge on any atom is -0.431 e. The molecule has 7 aromatic rings. The summed E-state index contributed by atoms with van der Waals surface area (Å²) in [5.74, 6) is 1.12. The molecule has 0 saturated carbocycles. The lowest BCUT2D eigenvalue weighted by atomic mass is 9.91. The molecule has 5 aromatic carbocycles. The molecule has 0 aliphatic carbocycles. The van der Waals surface area contributed by atoms with Crippen molar-refractivity contribution in [3.8, 4) is 22.6 Å². The third-order valence-corrected chi connectivity index (χ3v) is 11.8. The normalized spacial score (nSPS) is 18.8. The third-order valence-electron chi connectivity index (χ3n) is 9.48. The van der Waals surface area contributed by atoms with Crippen molar-refractivity contribution in [1.82, 2.24) is 9.97 Å². The smallest absolute Gasteiger partial charge is 0.264 e. The number of aliphatic hydroxyl groups is 1. The minimum absolute atomic E-state index is 0.0595. The summed E-state index contributed by atoms with van der Waals surface area (Å²) in [5, 5.41) is 10.9. The van der Waals surface area contributed by atoms with E-state index in [-0.39, 0.29) is 29.6 Å². The van der Waals surface area contributed by atoms with Gasteiger partial charge in [-0.15, -0.1) is 0 Å². The van der Waals surface area contributed by atoms with Crippen LogP contribution in [0.25, 0.3) is 33.5 Å². The summed E-state index contributed by atoms with van der Waals surface area (Å²) < 4.78 is 49.9. The number of aromatic nitrogens is 2. The van der Waals surface area contributed by atoms with Gasteiger partial charge in [-0.05, 0) is 35.4 Å². The number of rotatable bonds is 11.